The summed E-state index contributed by atoms with van der Waals surface area (Å²) in [6.07, 6.45) is 2.71. The molecule has 0 unspecified atom stereocenters. The molecule has 4 aromatic rings. The molecule has 28 heavy (non-hydrogen) atoms. The van der Waals surface area contributed by atoms with Gasteiger partial charge in [0.05, 0.1) is 18.3 Å². The smallest absolute Gasteiger partial charge is 0.265 e. The van der Waals surface area contributed by atoms with Crippen molar-refractivity contribution in [2.24, 2.45) is 5.10 Å². The Morgan fingerprint density at radius 2 is 2.00 bits per heavy atom. The van der Waals surface area contributed by atoms with Gasteiger partial charge in [0.25, 0.3) is 5.95 Å². The molecule has 0 saturated carbocycles. The summed E-state index contributed by atoms with van der Waals surface area (Å²) >= 11 is 0. The molecule has 142 valence electrons. The van der Waals surface area contributed by atoms with Crippen LogP contribution in [0.2, 0.25) is 0 Å². The predicted octanol–water partition coefficient (Wildman–Crippen LogP) is 4.23. The highest BCUT2D eigenvalue weighted by molar-refractivity contribution is 6.04. The number of hydrogen-bond acceptors (Lipinski definition) is 6. The molecule has 7 nitrogen and oxygen atoms in total. The average molecular weight is 374 g/mol. The van der Waals surface area contributed by atoms with Crippen LogP contribution >= 0.6 is 0 Å². The van der Waals surface area contributed by atoms with Crippen LogP contribution in [0.4, 0.5) is 5.95 Å². The van der Waals surface area contributed by atoms with Gasteiger partial charge in [0.2, 0.25) is 0 Å². The highest BCUT2D eigenvalue weighted by Gasteiger charge is 2.13. The van der Waals surface area contributed by atoms with E-state index in [4.69, 9.17) is 4.74 Å². The lowest BCUT2D eigenvalue weighted by Gasteiger charge is -2.04. The van der Waals surface area contributed by atoms with Crippen LogP contribution in [-0.4, -0.2) is 32.6 Å². The van der Waals surface area contributed by atoms with E-state index in [9.17, 15) is 0 Å². The largest absolute Gasteiger partial charge is 0.494 e. The summed E-state index contributed by atoms with van der Waals surface area (Å²) in [7, 11) is 0. The topological polar surface area (TPSA) is 77.2 Å². The molecule has 0 bridgehead atoms. The molecule has 0 spiro atoms. The van der Waals surface area contributed by atoms with Gasteiger partial charge >= 0.3 is 0 Å². The van der Waals surface area contributed by atoms with E-state index in [2.05, 4.69) is 49.3 Å². The van der Waals surface area contributed by atoms with Crippen LogP contribution in [0.15, 0.2) is 53.6 Å². The van der Waals surface area contributed by atoms with Gasteiger partial charge in [0.15, 0.2) is 5.65 Å². The van der Waals surface area contributed by atoms with E-state index in [0.29, 0.717) is 12.6 Å². The Balaban J connectivity index is 1.62. The van der Waals surface area contributed by atoms with Crippen LogP contribution in [0.3, 0.4) is 0 Å². The average Bonchev–Trinajstić information content (AvgIpc) is 3.02. The van der Waals surface area contributed by atoms with E-state index in [1.54, 1.807) is 6.21 Å². The molecular weight excluding hydrogens is 352 g/mol. The monoisotopic (exact) mass is 374 g/mol. The van der Waals surface area contributed by atoms with Crippen molar-refractivity contribution >= 4 is 34.2 Å². The minimum Gasteiger partial charge on any atom is -0.494 e. The van der Waals surface area contributed by atoms with E-state index < -0.39 is 0 Å². The third-order valence-corrected chi connectivity index (χ3v) is 4.37. The first-order chi connectivity index (χ1) is 13.8. The van der Waals surface area contributed by atoms with Gasteiger partial charge in [-0.1, -0.05) is 37.3 Å². The van der Waals surface area contributed by atoms with Gasteiger partial charge in [-0.25, -0.2) is 5.43 Å². The minimum atomic E-state index is 0.366. The summed E-state index contributed by atoms with van der Waals surface area (Å²) in [4.78, 5) is 4.65. The molecule has 7 heteroatoms. The summed E-state index contributed by atoms with van der Waals surface area (Å²) in [6.45, 7) is 5.61. The number of nitrogens with zero attached hydrogens (tertiary/aromatic N) is 5. The number of aryl methyl sites for hydroxylation is 1. The number of anilines is 1. The van der Waals surface area contributed by atoms with Crippen LogP contribution in [-0.2, 0) is 6.54 Å². The van der Waals surface area contributed by atoms with Crippen molar-refractivity contribution in [1.29, 1.82) is 0 Å². The summed E-state index contributed by atoms with van der Waals surface area (Å²) in [6, 6.07) is 15.9. The Morgan fingerprint density at radius 3 is 2.86 bits per heavy atom. The number of hydrogen-bond donors (Lipinski definition) is 1. The fourth-order valence-corrected chi connectivity index (χ4v) is 3.22. The maximum atomic E-state index is 5.50. The fourth-order valence-electron chi connectivity index (χ4n) is 3.22. The van der Waals surface area contributed by atoms with Gasteiger partial charge in [-0.2, -0.15) is 10.1 Å². The van der Waals surface area contributed by atoms with E-state index in [1.807, 2.05) is 43.3 Å². The number of ether oxygens (including phenoxy) is 1. The second kappa shape index (κ2) is 8.04. The van der Waals surface area contributed by atoms with Gasteiger partial charge in [-0.3, -0.25) is 0 Å². The molecule has 1 N–H and O–H groups in total. The predicted molar refractivity (Wildman–Crippen MR) is 112 cm³/mol. The summed E-state index contributed by atoms with van der Waals surface area (Å²) in [5.74, 6) is 1.18. The molecule has 0 aliphatic heterocycles. The zero-order chi connectivity index (χ0) is 19.3. The van der Waals surface area contributed by atoms with Gasteiger partial charge in [0, 0.05) is 11.9 Å². The highest BCUT2D eigenvalue weighted by Crippen LogP contribution is 2.26. The van der Waals surface area contributed by atoms with E-state index in [-0.39, 0.29) is 0 Å². The second-order valence-electron chi connectivity index (χ2n) is 6.35. The van der Waals surface area contributed by atoms with Crippen molar-refractivity contribution in [2.75, 3.05) is 12.0 Å². The minimum absolute atomic E-state index is 0.366. The Hall–Kier alpha value is -3.48. The molecule has 0 radical (unpaired) electrons. The van der Waals surface area contributed by atoms with Gasteiger partial charge in [0.1, 0.15) is 11.3 Å². The molecular formula is C21H22N6O. The molecule has 0 atom stereocenters. The number of benzene rings is 2. The Kier molecular flexibility index (Phi) is 5.14. The van der Waals surface area contributed by atoms with E-state index in [1.165, 1.54) is 0 Å². The first kappa shape index (κ1) is 17.9. The summed E-state index contributed by atoms with van der Waals surface area (Å²) < 4.78 is 7.69. The number of nitrogens with one attached hydrogen (secondary N) is 1. The zero-order valence-electron chi connectivity index (χ0n) is 16.0. The Labute approximate surface area is 163 Å². The van der Waals surface area contributed by atoms with Crippen molar-refractivity contribution in [2.45, 2.75) is 26.8 Å². The quantitative estimate of drug-likeness (QED) is 0.387. The maximum Gasteiger partial charge on any atom is 0.265 e. The molecule has 0 saturated heterocycles. The van der Waals surface area contributed by atoms with Gasteiger partial charge < -0.3 is 9.30 Å². The SMILES string of the molecule is CCCn1c2ccccc2c2nnc(N/N=C/c3cccc(OCC)c3)nc21. The van der Waals surface area contributed by atoms with E-state index in [0.717, 1.165) is 46.3 Å². The number of para-hydroxylation sites is 1. The third-order valence-electron chi connectivity index (χ3n) is 4.37. The molecule has 0 aliphatic rings. The van der Waals surface area contributed by atoms with Crippen LogP contribution in [0, 0.1) is 0 Å². The second-order valence-corrected chi connectivity index (χ2v) is 6.35. The lowest BCUT2D eigenvalue weighted by Crippen LogP contribution is -2.03. The molecule has 4 rings (SSSR count). The van der Waals surface area contributed by atoms with Crippen LogP contribution < -0.4 is 10.2 Å². The number of hydrazone groups is 1. The summed E-state index contributed by atoms with van der Waals surface area (Å²) in [5, 5.41) is 13.9. The number of aromatic nitrogens is 4. The summed E-state index contributed by atoms with van der Waals surface area (Å²) in [5.41, 5.74) is 6.55. The van der Waals surface area contributed by atoms with Crippen molar-refractivity contribution in [3.63, 3.8) is 0 Å². The Morgan fingerprint density at radius 1 is 1.11 bits per heavy atom. The van der Waals surface area contributed by atoms with Crippen LogP contribution in [0.1, 0.15) is 25.8 Å². The molecule has 2 aromatic carbocycles. The third kappa shape index (κ3) is 3.51. The maximum absolute atomic E-state index is 5.50. The van der Waals surface area contributed by atoms with Gasteiger partial charge in [-0.15, -0.1) is 10.2 Å². The van der Waals surface area contributed by atoms with E-state index >= 15 is 0 Å². The number of rotatable bonds is 7. The molecule has 0 fully saturated rings. The highest BCUT2D eigenvalue weighted by atomic mass is 16.5. The zero-order valence-corrected chi connectivity index (χ0v) is 16.0. The van der Waals surface area contributed by atoms with Crippen molar-refractivity contribution in [3.8, 4) is 5.75 Å². The van der Waals surface area contributed by atoms with Crippen molar-refractivity contribution < 1.29 is 4.74 Å². The molecule has 0 aliphatic carbocycles. The van der Waals surface area contributed by atoms with Crippen molar-refractivity contribution in [1.82, 2.24) is 19.7 Å². The van der Waals surface area contributed by atoms with Crippen molar-refractivity contribution in [3.05, 3.63) is 54.1 Å². The lowest BCUT2D eigenvalue weighted by molar-refractivity contribution is 0.340. The van der Waals surface area contributed by atoms with Gasteiger partial charge in [-0.05, 0) is 37.1 Å². The van der Waals surface area contributed by atoms with Crippen LogP contribution in [0.5, 0.6) is 5.75 Å². The number of fused-ring (bicyclic) bond motifs is 3. The first-order valence-corrected chi connectivity index (χ1v) is 9.43. The first-order valence-electron chi connectivity index (χ1n) is 9.43. The molecule has 2 heterocycles. The standard InChI is InChI=1S/C21H22N6O/c1-3-12-27-18-11-6-5-10-17(18)19-20(27)23-21(26-24-19)25-22-14-15-8-7-9-16(13-15)28-4-2/h5-11,13-14H,3-4,12H2,1-2H3,(H,23,25,26)/b22-14+. The lowest BCUT2D eigenvalue weighted by atomic mass is 10.2. The normalized spacial score (nSPS) is 11.5. The Bertz CT molecular complexity index is 1130. The fraction of sp³-hybridized carbons (Fsp3) is 0.238. The molecule has 0 amide bonds. The molecule has 2 aromatic heterocycles. The van der Waals surface area contributed by atoms with Crippen LogP contribution in [0.25, 0.3) is 22.1 Å².